The molecule has 0 aromatic carbocycles. The van der Waals surface area contributed by atoms with Crippen LogP contribution in [-0.4, -0.2) is 60.8 Å². The number of carboxylic acid groups (broad SMARTS) is 1. The van der Waals surface area contributed by atoms with Gasteiger partial charge in [0.15, 0.2) is 0 Å². The Bertz CT molecular complexity index is 340. The van der Waals surface area contributed by atoms with Crippen LogP contribution in [0.4, 0.5) is 0 Å². The van der Waals surface area contributed by atoms with Gasteiger partial charge in [0.2, 0.25) is 5.91 Å². The first kappa shape index (κ1) is 14.3. The largest absolute Gasteiger partial charge is 0.481 e. The number of amides is 1. The van der Waals surface area contributed by atoms with Gasteiger partial charge in [-0.1, -0.05) is 0 Å². The average Bonchev–Trinajstić information content (AvgIpc) is 2.87. The van der Waals surface area contributed by atoms with Gasteiger partial charge in [-0.25, -0.2) is 0 Å². The van der Waals surface area contributed by atoms with Crippen LogP contribution < -0.4 is 5.32 Å². The molecule has 0 aromatic rings. The van der Waals surface area contributed by atoms with E-state index in [9.17, 15) is 9.59 Å². The smallest absolute Gasteiger partial charge is 0.303 e. The van der Waals surface area contributed by atoms with Gasteiger partial charge in [0.1, 0.15) is 0 Å². The number of aliphatic carboxylic acids is 1. The number of carbonyl (C=O) groups excluding carboxylic acids is 1. The first-order chi connectivity index (χ1) is 9.10. The second-order valence-electron chi connectivity index (χ2n) is 5.42. The van der Waals surface area contributed by atoms with Gasteiger partial charge < -0.3 is 20.1 Å². The summed E-state index contributed by atoms with van der Waals surface area (Å²) >= 11 is 0. The quantitative estimate of drug-likeness (QED) is 0.756. The number of hydrogen-bond acceptors (Lipinski definition) is 4. The number of hydrogen-bond donors (Lipinski definition) is 2. The predicted octanol–water partition coefficient (Wildman–Crippen LogP) is 0.0766. The minimum Gasteiger partial charge on any atom is -0.481 e. The maximum atomic E-state index is 12.3. The maximum Gasteiger partial charge on any atom is 0.303 e. The normalized spacial score (nSPS) is 28.6. The van der Waals surface area contributed by atoms with Crippen LogP contribution in [0.1, 0.15) is 25.7 Å². The Morgan fingerprint density at radius 3 is 2.58 bits per heavy atom. The van der Waals surface area contributed by atoms with Gasteiger partial charge in [-0.15, -0.1) is 0 Å². The Morgan fingerprint density at radius 1 is 1.37 bits per heavy atom. The van der Waals surface area contributed by atoms with E-state index < -0.39 is 5.97 Å². The van der Waals surface area contributed by atoms with E-state index in [1.807, 2.05) is 4.90 Å². The molecule has 2 saturated heterocycles. The molecule has 2 aliphatic heterocycles. The van der Waals surface area contributed by atoms with Crippen molar-refractivity contribution in [2.75, 3.05) is 26.7 Å². The molecule has 2 heterocycles. The van der Waals surface area contributed by atoms with E-state index in [-0.39, 0.29) is 30.4 Å². The van der Waals surface area contributed by atoms with E-state index in [1.54, 1.807) is 7.11 Å². The fraction of sp³-hybridized carbons (Fsp3) is 0.846. The number of piperidine rings is 1. The van der Waals surface area contributed by atoms with E-state index in [2.05, 4.69) is 5.32 Å². The minimum atomic E-state index is -0.745. The highest BCUT2D eigenvalue weighted by atomic mass is 16.5. The lowest BCUT2D eigenvalue weighted by atomic mass is 9.93. The van der Waals surface area contributed by atoms with Gasteiger partial charge in [0, 0.05) is 33.2 Å². The predicted molar refractivity (Wildman–Crippen MR) is 68.8 cm³/mol. The SMILES string of the molecule is COC1CNC(C(=O)N2CCC(CC(=O)O)CC2)C1. The molecule has 0 aliphatic carbocycles. The van der Waals surface area contributed by atoms with Crippen LogP contribution >= 0.6 is 0 Å². The summed E-state index contributed by atoms with van der Waals surface area (Å²) in [6, 6.07) is -0.138. The number of nitrogens with zero attached hydrogens (tertiary/aromatic N) is 1. The molecule has 19 heavy (non-hydrogen) atoms. The number of rotatable bonds is 4. The molecule has 2 N–H and O–H groups in total. The Kier molecular flexibility index (Phi) is 4.76. The number of nitrogens with one attached hydrogen (secondary N) is 1. The second-order valence-corrected chi connectivity index (χ2v) is 5.42. The molecule has 2 atom stereocenters. The molecule has 2 rings (SSSR count). The van der Waals surface area contributed by atoms with Gasteiger partial charge in [-0.3, -0.25) is 9.59 Å². The van der Waals surface area contributed by atoms with Crippen LogP contribution in [-0.2, 0) is 14.3 Å². The third-order valence-electron chi connectivity index (χ3n) is 4.11. The lowest BCUT2D eigenvalue weighted by molar-refractivity contribution is -0.139. The van der Waals surface area contributed by atoms with Gasteiger partial charge in [0.25, 0.3) is 0 Å². The zero-order valence-electron chi connectivity index (χ0n) is 11.3. The topological polar surface area (TPSA) is 78.9 Å². The Hall–Kier alpha value is -1.14. The van der Waals surface area contributed by atoms with Gasteiger partial charge >= 0.3 is 5.97 Å². The summed E-state index contributed by atoms with van der Waals surface area (Å²) in [7, 11) is 1.66. The van der Waals surface area contributed by atoms with Crippen LogP contribution in [0.15, 0.2) is 0 Å². The van der Waals surface area contributed by atoms with Crippen molar-refractivity contribution in [3.63, 3.8) is 0 Å². The fourth-order valence-corrected chi connectivity index (χ4v) is 2.90. The molecule has 108 valence electrons. The van der Waals surface area contributed by atoms with Crippen LogP contribution in [0.5, 0.6) is 0 Å². The van der Waals surface area contributed by atoms with Crippen molar-refractivity contribution in [3.8, 4) is 0 Å². The Labute approximate surface area is 113 Å². The van der Waals surface area contributed by atoms with Gasteiger partial charge in [0.05, 0.1) is 12.1 Å². The number of ether oxygens (including phenoxy) is 1. The van der Waals surface area contributed by atoms with Crippen LogP contribution in [0.2, 0.25) is 0 Å². The van der Waals surface area contributed by atoms with E-state index in [0.29, 0.717) is 13.1 Å². The molecule has 0 radical (unpaired) electrons. The third kappa shape index (κ3) is 3.67. The molecule has 0 saturated carbocycles. The molecule has 0 spiro atoms. The van der Waals surface area contributed by atoms with Crippen molar-refractivity contribution < 1.29 is 19.4 Å². The zero-order valence-corrected chi connectivity index (χ0v) is 11.3. The molecule has 6 heteroatoms. The first-order valence-electron chi connectivity index (χ1n) is 6.87. The van der Waals surface area contributed by atoms with E-state index in [4.69, 9.17) is 9.84 Å². The van der Waals surface area contributed by atoms with Crippen molar-refractivity contribution in [1.82, 2.24) is 10.2 Å². The van der Waals surface area contributed by atoms with E-state index >= 15 is 0 Å². The van der Waals surface area contributed by atoms with E-state index in [0.717, 1.165) is 25.8 Å². The third-order valence-corrected chi connectivity index (χ3v) is 4.11. The Balaban J connectivity index is 1.78. The van der Waals surface area contributed by atoms with Gasteiger partial charge in [-0.2, -0.15) is 0 Å². The molecular formula is C13H22N2O4. The molecule has 2 fully saturated rings. The van der Waals surface area contributed by atoms with Crippen molar-refractivity contribution in [2.24, 2.45) is 5.92 Å². The van der Waals surface area contributed by atoms with Crippen molar-refractivity contribution in [2.45, 2.75) is 37.8 Å². The van der Waals surface area contributed by atoms with Crippen LogP contribution in [0.3, 0.4) is 0 Å². The molecular weight excluding hydrogens is 248 g/mol. The van der Waals surface area contributed by atoms with Crippen molar-refractivity contribution >= 4 is 11.9 Å². The van der Waals surface area contributed by atoms with Crippen molar-refractivity contribution in [3.05, 3.63) is 0 Å². The summed E-state index contributed by atoms with van der Waals surface area (Å²) in [6.07, 6.45) is 2.65. The second kappa shape index (κ2) is 6.34. The summed E-state index contributed by atoms with van der Waals surface area (Å²) in [5.41, 5.74) is 0. The lowest BCUT2D eigenvalue weighted by Gasteiger charge is -2.33. The molecule has 2 aliphatic rings. The average molecular weight is 270 g/mol. The molecule has 1 amide bonds. The number of carbonyl (C=O) groups is 2. The first-order valence-corrected chi connectivity index (χ1v) is 6.87. The molecule has 0 aromatic heterocycles. The summed E-state index contributed by atoms with van der Waals surface area (Å²) in [4.78, 5) is 24.8. The van der Waals surface area contributed by atoms with E-state index in [1.165, 1.54) is 0 Å². The summed E-state index contributed by atoms with van der Waals surface area (Å²) < 4.78 is 5.24. The Morgan fingerprint density at radius 2 is 2.05 bits per heavy atom. The highest BCUT2D eigenvalue weighted by molar-refractivity contribution is 5.82. The zero-order chi connectivity index (χ0) is 13.8. The maximum absolute atomic E-state index is 12.3. The highest BCUT2D eigenvalue weighted by Crippen LogP contribution is 2.22. The lowest BCUT2D eigenvalue weighted by Crippen LogP contribution is -2.47. The summed E-state index contributed by atoms with van der Waals surface area (Å²) in [5, 5.41) is 12.0. The van der Waals surface area contributed by atoms with Gasteiger partial charge in [-0.05, 0) is 25.2 Å². The number of likely N-dealkylation sites (tertiary alicyclic amines) is 1. The van der Waals surface area contributed by atoms with Crippen molar-refractivity contribution in [1.29, 1.82) is 0 Å². The standard InChI is InChI=1S/C13H22N2O4/c1-19-10-7-11(14-8-10)13(18)15-4-2-9(3-5-15)6-12(16)17/h9-11,14H,2-8H2,1H3,(H,16,17). The summed E-state index contributed by atoms with van der Waals surface area (Å²) in [5.74, 6) is -0.400. The summed E-state index contributed by atoms with van der Waals surface area (Å²) in [6.45, 7) is 2.07. The minimum absolute atomic E-state index is 0.124. The van der Waals surface area contributed by atoms with Crippen LogP contribution in [0.25, 0.3) is 0 Å². The molecule has 2 unspecified atom stereocenters. The number of methoxy groups -OCH3 is 1. The van der Waals surface area contributed by atoms with Crippen LogP contribution in [0, 0.1) is 5.92 Å². The fourth-order valence-electron chi connectivity index (χ4n) is 2.90. The number of carboxylic acids is 1. The molecule has 0 bridgehead atoms. The highest BCUT2D eigenvalue weighted by Gasteiger charge is 2.33. The molecule has 6 nitrogen and oxygen atoms in total. The monoisotopic (exact) mass is 270 g/mol.